The number of carbonyl (C=O) groups is 1. The molecule has 0 spiro atoms. The van der Waals surface area contributed by atoms with Crippen molar-refractivity contribution >= 4 is 16.9 Å². The van der Waals surface area contributed by atoms with Crippen molar-refractivity contribution in [2.45, 2.75) is 6.54 Å². The van der Waals surface area contributed by atoms with Crippen molar-refractivity contribution in [3.63, 3.8) is 0 Å². The van der Waals surface area contributed by atoms with Crippen LogP contribution in [-0.2, 0) is 11.3 Å². The molecule has 0 bridgehead atoms. The first-order valence-corrected chi connectivity index (χ1v) is 6.08. The molecule has 3 rings (SSSR count). The van der Waals surface area contributed by atoms with Crippen LogP contribution in [0.25, 0.3) is 16.9 Å². The number of amides is 1. The first kappa shape index (κ1) is 12.2. The SMILES string of the molecule is NC(=O)Cn1c(=O)n(-c2ccccn2)c2ccccc21. The molecular formula is C14H12N4O2. The zero-order chi connectivity index (χ0) is 14.1. The Morgan fingerprint density at radius 3 is 2.45 bits per heavy atom. The summed E-state index contributed by atoms with van der Waals surface area (Å²) >= 11 is 0. The molecule has 6 heteroatoms. The summed E-state index contributed by atoms with van der Waals surface area (Å²) in [5.74, 6) is -0.0482. The number of nitrogens with zero attached hydrogens (tertiary/aromatic N) is 3. The second kappa shape index (κ2) is 4.65. The van der Waals surface area contributed by atoms with Gasteiger partial charge in [-0.05, 0) is 24.3 Å². The number of nitrogens with two attached hydrogens (primary N) is 1. The Labute approximate surface area is 114 Å². The van der Waals surface area contributed by atoms with Gasteiger partial charge in [0.15, 0.2) is 0 Å². The Balaban J connectivity index is 2.36. The summed E-state index contributed by atoms with van der Waals surface area (Å²) in [7, 11) is 0. The summed E-state index contributed by atoms with van der Waals surface area (Å²) in [6.45, 7) is -0.154. The van der Waals surface area contributed by atoms with Crippen molar-refractivity contribution in [1.82, 2.24) is 14.1 Å². The highest BCUT2D eigenvalue weighted by molar-refractivity contribution is 5.81. The summed E-state index contributed by atoms with van der Waals surface area (Å²) in [5.41, 5.74) is 6.23. The van der Waals surface area contributed by atoms with E-state index in [2.05, 4.69) is 4.98 Å². The quantitative estimate of drug-likeness (QED) is 0.758. The Morgan fingerprint density at radius 1 is 1.10 bits per heavy atom. The monoisotopic (exact) mass is 268 g/mol. The van der Waals surface area contributed by atoms with E-state index in [-0.39, 0.29) is 12.2 Å². The number of aromatic nitrogens is 3. The van der Waals surface area contributed by atoms with Crippen LogP contribution in [0, 0.1) is 0 Å². The summed E-state index contributed by atoms with van der Waals surface area (Å²) < 4.78 is 2.82. The first-order chi connectivity index (χ1) is 9.68. The van der Waals surface area contributed by atoms with Crippen LogP contribution in [0.2, 0.25) is 0 Å². The Bertz CT molecular complexity index is 833. The molecule has 100 valence electrons. The third-order valence-electron chi connectivity index (χ3n) is 3.03. The lowest BCUT2D eigenvalue weighted by Crippen LogP contribution is -2.29. The van der Waals surface area contributed by atoms with E-state index in [1.165, 1.54) is 9.13 Å². The fraction of sp³-hybridized carbons (Fsp3) is 0.0714. The molecule has 0 radical (unpaired) electrons. The minimum absolute atomic E-state index is 0.154. The minimum atomic E-state index is -0.559. The number of benzene rings is 1. The molecule has 0 fully saturated rings. The van der Waals surface area contributed by atoms with Gasteiger partial charge in [-0.3, -0.25) is 9.36 Å². The minimum Gasteiger partial charge on any atom is -0.368 e. The molecule has 0 aliphatic rings. The molecule has 0 saturated heterocycles. The van der Waals surface area contributed by atoms with Gasteiger partial charge in [-0.1, -0.05) is 18.2 Å². The number of para-hydroxylation sites is 2. The normalized spacial score (nSPS) is 10.8. The summed E-state index contributed by atoms with van der Waals surface area (Å²) in [6.07, 6.45) is 1.61. The average Bonchev–Trinajstić information content (AvgIpc) is 2.72. The fourth-order valence-electron chi connectivity index (χ4n) is 2.22. The lowest BCUT2D eigenvalue weighted by molar-refractivity contribution is -0.118. The Morgan fingerprint density at radius 2 is 1.80 bits per heavy atom. The number of primary amides is 1. The van der Waals surface area contributed by atoms with Crippen LogP contribution in [0.1, 0.15) is 0 Å². The van der Waals surface area contributed by atoms with Gasteiger partial charge in [0.25, 0.3) is 0 Å². The lowest BCUT2D eigenvalue weighted by atomic mass is 10.3. The standard InChI is InChI=1S/C14H12N4O2/c15-12(19)9-17-10-5-1-2-6-11(10)18(14(17)20)13-7-3-4-8-16-13/h1-8H,9H2,(H2,15,19). The van der Waals surface area contributed by atoms with Crippen LogP contribution in [-0.4, -0.2) is 20.0 Å². The molecule has 0 atom stereocenters. The van der Waals surface area contributed by atoms with Crippen LogP contribution in [0.5, 0.6) is 0 Å². The van der Waals surface area contributed by atoms with Gasteiger partial charge in [0.05, 0.1) is 11.0 Å². The highest BCUT2D eigenvalue weighted by atomic mass is 16.2. The number of fused-ring (bicyclic) bond motifs is 1. The van der Waals surface area contributed by atoms with Crippen LogP contribution >= 0.6 is 0 Å². The van der Waals surface area contributed by atoms with Gasteiger partial charge in [-0.15, -0.1) is 0 Å². The summed E-state index contributed by atoms with van der Waals surface area (Å²) in [6, 6.07) is 12.5. The fourth-order valence-corrected chi connectivity index (χ4v) is 2.22. The number of imidazole rings is 1. The number of hydrogen-bond donors (Lipinski definition) is 1. The molecule has 3 aromatic rings. The zero-order valence-electron chi connectivity index (χ0n) is 10.6. The molecule has 6 nitrogen and oxygen atoms in total. The predicted octanol–water partition coefficient (Wildman–Crippen LogP) is 0.672. The van der Waals surface area contributed by atoms with Gasteiger partial charge in [0.2, 0.25) is 5.91 Å². The van der Waals surface area contributed by atoms with Crippen molar-refractivity contribution < 1.29 is 4.79 Å². The smallest absolute Gasteiger partial charge is 0.335 e. The van der Waals surface area contributed by atoms with Crippen LogP contribution in [0.15, 0.2) is 53.5 Å². The molecule has 1 amide bonds. The third kappa shape index (κ3) is 1.87. The van der Waals surface area contributed by atoms with E-state index >= 15 is 0 Å². The van der Waals surface area contributed by atoms with Gasteiger partial charge in [0, 0.05) is 6.20 Å². The molecule has 0 aliphatic heterocycles. The van der Waals surface area contributed by atoms with E-state index in [4.69, 9.17) is 5.73 Å². The maximum atomic E-state index is 12.5. The van der Waals surface area contributed by atoms with Gasteiger partial charge >= 0.3 is 5.69 Å². The second-order valence-electron chi connectivity index (χ2n) is 4.35. The Hall–Kier alpha value is -2.89. The van der Waals surface area contributed by atoms with Crippen molar-refractivity contribution in [2.75, 3.05) is 0 Å². The van der Waals surface area contributed by atoms with E-state index in [1.807, 2.05) is 18.2 Å². The van der Waals surface area contributed by atoms with Gasteiger partial charge in [0.1, 0.15) is 12.4 Å². The van der Waals surface area contributed by atoms with E-state index in [0.717, 1.165) is 0 Å². The van der Waals surface area contributed by atoms with E-state index in [1.54, 1.807) is 30.5 Å². The molecule has 2 heterocycles. The van der Waals surface area contributed by atoms with Crippen molar-refractivity contribution in [1.29, 1.82) is 0 Å². The number of hydrogen-bond acceptors (Lipinski definition) is 3. The molecule has 2 aromatic heterocycles. The molecule has 2 N–H and O–H groups in total. The molecular weight excluding hydrogens is 256 g/mol. The zero-order valence-corrected chi connectivity index (χ0v) is 10.6. The predicted molar refractivity (Wildman–Crippen MR) is 74.5 cm³/mol. The average molecular weight is 268 g/mol. The van der Waals surface area contributed by atoms with E-state index in [0.29, 0.717) is 16.9 Å². The maximum absolute atomic E-state index is 12.5. The highest BCUT2D eigenvalue weighted by Crippen LogP contribution is 2.15. The number of pyridine rings is 1. The summed E-state index contributed by atoms with van der Waals surface area (Å²) in [5, 5.41) is 0. The maximum Gasteiger partial charge on any atom is 0.335 e. The molecule has 20 heavy (non-hydrogen) atoms. The number of carbonyl (C=O) groups excluding carboxylic acids is 1. The number of rotatable bonds is 3. The molecule has 0 aliphatic carbocycles. The van der Waals surface area contributed by atoms with Crippen molar-refractivity contribution in [3.8, 4) is 5.82 Å². The molecule has 0 unspecified atom stereocenters. The van der Waals surface area contributed by atoms with Crippen molar-refractivity contribution in [3.05, 3.63) is 59.1 Å². The largest absolute Gasteiger partial charge is 0.368 e. The molecule has 1 aromatic carbocycles. The van der Waals surface area contributed by atoms with Gasteiger partial charge < -0.3 is 5.73 Å². The second-order valence-corrected chi connectivity index (χ2v) is 4.35. The van der Waals surface area contributed by atoms with E-state index in [9.17, 15) is 9.59 Å². The van der Waals surface area contributed by atoms with E-state index < -0.39 is 5.91 Å². The van der Waals surface area contributed by atoms with Crippen LogP contribution < -0.4 is 11.4 Å². The summed E-state index contributed by atoms with van der Waals surface area (Å²) in [4.78, 5) is 27.8. The van der Waals surface area contributed by atoms with Gasteiger partial charge in [-0.25, -0.2) is 14.3 Å². The topological polar surface area (TPSA) is 82.9 Å². The highest BCUT2D eigenvalue weighted by Gasteiger charge is 2.15. The van der Waals surface area contributed by atoms with Crippen LogP contribution in [0.4, 0.5) is 0 Å². The van der Waals surface area contributed by atoms with Crippen LogP contribution in [0.3, 0.4) is 0 Å². The van der Waals surface area contributed by atoms with Gasteiger partial charge in [-0.2, -0.15) is 0 Å². The molecule has 0 saturated carbocycles. The Kier molecular flexibility index (Phi) is 2.83. The van der Waals surface area contributed by atoms with Crippen molar-refractivity contribution in [2.24, 2.45) is 5.73 Å². The lowest BCUT2D eigenvalue weighted by Gasteiger charge is -2.00. The first-order valence-electron chi connectivity index (χ1n) is 6.08. The third-order valence-corrected chi connectivity index (χ3v) is 3.03.